The van der Waals surface area contributed by atoms with Gasteiger partial charge in [0.05, 0.1) is 30.8 Å². The Bertz CT molecular complexity index is 1110. The van der Waals surface area contributed by atoms with Crippen molar-refractivity contribution < 1.29 is 4.74 Å². The van der Waals surface area contributed by atoms with Gasteiger partial charge in [-0.2, -0.15) is 9.94 Å². The van der Waals surface area contributed by atoms with Gasteiger partial charge in [-0.15, -0.1) is 5.10 Å². The highest BCUT2D eigenvalue weighted by Gasteiger charge is 2.25. The molecule has 0 amide bonds. The van der Waals surface area contributed by atoms with Gasteiger partial charge in [0.15, 0.2) is 5.82 Å². The minimum absolute atomic E-state index is 0.0835. The van der Waals surface area contributed by atoms with Crippen molar-refractivity contribution in [1.82, 2.24) is 9.78 Å². The summed E-state index contributed by atoms with van der Waals surface area (Å²) in [5.74, 6) is 1.25. The Morgan fingerprint density at radius 1 is 1.19 bits per heavy atom. The van der Waals surface area contributed by atoms with Crippen LogP contribution in [0.25, 0.3) is 5.69 Å². The minimum atomic E-state index is -0.440. The number of para-hydroxylation sites is 2. The molecule has 0 spiro atoms. The van der Waals surface area contributed by atoms with E-state index in [4.69, 9.17) is 4.74 Å². The van der Waals surface area contributed by atoms with E-state index in [9.17, 15) is 10.1 Å². The number of fused-ring (bicyclic) bond motifs is 1. The Morgan fingerprint density at radius 2 is 1.93 bits per heavy atom. The van der Waals surface area contributed by atoms with Crippen LogP contribution >= 0.6 is 0 Å². The zero-order chi connectivity index (χ0) is 19.0. The van der Waals surface area contributed by atoms with E-state index in [-0.39, 0.29) is 5.56 Å². The number of anilines is 3. The van der Waals surface area contributed by atoms with Crippen LogP contribution in [0.4, 0.5) is 17.2 Å². The Morgan fingerprint density at radius 3 is 2.63 bits per heavy atom. The van der Waals surface area contributed by atoms with E-state index in [1.54, 1.807) is 38.3 Å². The maximum atomic E-state index is 12.8. The number of methoxy groups -OCH3 is 1. The predicted molar refractivity (Wildman–Crippen MR) is 103 cm³/mol. The topological polar surface area (TPSA) is 83.2 Å². The second-order valence-electron chi connectivity index (χ2n) is 6.13. The fourth-order valence-electron chi connectivity index (χ4n) is 3.18. The molecule has 7 nitrogen and oxygen atoms in total. The Hall–Kier alpha value is -3.79. The second kappa shape index (κ2) is 6.50. The van der Waals surface area contributed by atoms with Gasteiger partial charge in [-0.25, -0.2) is 0 Å². The van der Waals surface area contributed by atoms with Gasteiger partial charge < -0.3 is 15.0 Å². The van der Waals surface area contributed by atoms with Gasteiger partial charge >= 0.3 is 0 Å². The molecule has 2 heterocycles. The second-order valence-corrected chi connectivity index (χ2v) is 6.13. The molecular weight excluding hydrogens is 342 g/mol. The molecule has 0 atom stereocenters. The molecule has 0 unspecified atom stereocenters. The highest BCUT2D eigenvalue weighted by Crippen LogP contribution is 2.37. The van der Waals surface area contributed by atoms with Crippen molar-refractivity contribution in [2.75, 3.05) is 24.0 Å². The van der Waals surface area contributed by atoms with Crippen LogP contribution < -0.4 is 20.5 Å². The van der Waals surface area contributed by atoms with Crippen LogP contribution in [0.1, 0.15) is 11.1 Å². The normalized spacial score (nSPS) is 12.3. The van der Waals surface area contributed by atoms with Crippen molar-refractivity contribution in [2.24, 2.45) is 0 Å². The van der Waals surface area contributed by atoms with Crippen LogP contribution in [0, 0.1) is 18.3 Å². The lowest BCUT2D eigenvalue weighted by Gasteiger charge is -2.21. The lowest BCUT2D eigenvalue weighted by atomic mass is 10.1. The maximum Gasteiger partial charge on any atom is 0.289 e. The maximum absolute atomic E-state index is 12.8. The molecule has 0 saturated carbocycles. The Kier molecular flexibility index (Phi) is 4.01. The summed E-state index contributed by atoms with van der Waals surface area (Å²) in [6.45, 7) is 2.26. The van der Waals surface area contributed by atoms with Crippen molar-refractivity contribution >= 4 is 17.2 Å². The lowest BCUT2D eigenvalue weighted by Crippen LogP contribution is -2.29. The summed E-state index contributed by atoms with van der Waals surface area (Å²) in [5, 5.41) is 17.5. The molecule has 1 aliphatic heterocycles. The summed E-state index contributed by atoms with van der Waals surface area (Å²) >= 11 is 0. The molecule has 134 valence electrons. The minimum Gasteiger partial charge on any atom is -0.497 e. The molecule has 0 aliphatic carbocycles. The van der Waals surface area contributed by atoms with Gasteiger partial charge in [0.25, 0.3) is 5.56 Å². The largest absolute Gasteiger partial charge is 0.497 e. The summed E-state index contributed by atoms with van der Waals surface area (Å²) in [4.78, 5) is 14.8. The molecule has 1 aliphatic rings. The molecule has 27 heavy (non-hydrogen) atoms. The van der Waals surface area contributed by atoms with Gasteiger partial charge in [-0.3, -0.25) is 4.79 Å². The molecule has 0 fully saturated rings. The van der Waals surface area contributed by atoms with E-state index in [2.05, 4.69) is 10.4 Å². The zero-order valence-electron chi connectivity index (χ0n) is 14.9. The molecular formula is C20H17N5O2. The number of hydrogen-bond donors (Lipinski definition) is 1. The number of rotatable bonds is 3. The standard InChI is InChI=1S/C20H17N5O2/c1-13-16(11-21)20(26)25(14-7-9-15(27-2)10-8-14)23-19(13)24-12-22-17-5-3-4-6-18(17)24/h3-10,22H,12H2,1-2H3. The third kappa shape index (κ3) is 2.68. The third-order valence-corrected chi connectivity index (χ3v) is 4.62. The molecule has 2 aromatic carbocycles. The molecule has 0 saturated heterocycles. The van der Waals surface area contributed by atoms with E-state index in [0.29, 0.717) is 29.5 Å². The van der Waals surface area contributed by atoms with E-state index in [0.717, 1.165) is 11.4 Å². The monoisotopic (exact) mass is 359 g/mol. The van der Waals surface area contributed by atoms with Crippen LogP contribution in [-0.2, 0) is 0 Å². The highest BCUT2D eigenvalue weighted by atomic mass is 16.5. The Labute approximate surface area is 156 Å². The van der Waals surface area contributed by atoms with Crippen molar-refractivity contribution in [3.05, 3.63) is 70.0 Å². The predicted octanol–water partition coefficient (Wildman–Crippen LogP) is 2.94. The smallest absolute Gasteiger partial charge is 0.289 e. The zero-order valence-corrected chi connectivity index (χ0v) is 14.9. The van der Waals surface area contributed by atoms with Crippen molar-refractivity contribution in [2.45, 2.75) is 6.92 Å². The first kappa shape index (κ1) is 16.7. The number of aromatic nitrogens is 2. The van der Waals surface area contributed by atoms with Crippen LogP contribution in [0.3, 0.4) is 0 Å². The van der Waals surface area contributed by atoms with Crippen molar-refractivity contribution in [3.63, 3.8) is 0 Å². The van der Waals surface area contributed by atoms with Gasteiger partial charge in [-0.05, 0) is 43.3 Å². The summed E-state index contributed by atoms with van der Waals surface area (Å²) in [5.41, 5.74) is 2.71. The molecule has 0 radical (unpaired) electrons. The van der Waals surface area contributed by atoms with Crippen LogP contribution in [0.2, 0.25) is 0 Å². The molecule has 7 heteroatoms. The number of nitrogens with one attached hydrogen (secondary N) is 1. The van der Waals surface area contributed by atoms with Gasteiger partial charge in [0.2, 0.25) is 0 Å². The lowest BCUT2D eigenvalue weighted by molar-refractivity contribution is 0.414. The fraction of sp³-hybridized carbons (Fsp3) is 0.150. The number of benzene rings is 2. The molecule has 1 N–H and O–H groups in total. The van der Waals surface area contributed by atoms with E-state index in [1.165, 1.54) is 4.68 Å². The average Bonchev–Trinajstić information content (AvgIpc) is 3.13. The van der Waals surface area contributed by atoms with E-state index >= 15 is 0 Å². The quantitative estimate of drug-likeness (QED) is 0.774. The van der Waals surface area contributed by atoms with Crippen LogP contribution in [0.5, 0.6) is 5.75 Å². The van der Waals surface area contributed by atoms with E-state index in [1.807, 2.05) is 35.2 Å². The van der Waals surface area contributed by atoms with E-state index < -0.39 is 5.56 Å². The highest BCUT2D eigenvalue weighted by molar-refractivity contribution is 5.81. The molecule has 3 aromatic rings. The van der Waals surface area contributed by atoms with Crippen molar-refractivity contribution in [3.8, 4) is 17.5 Å². The third-order valence-electron chi connectivity index (χ3n) is 4.62. The van der Waals surface area contributed by atoms with Crippen molar-refractivity contribution in [1.29, 1.82) is 5.26 Å². The number of nitriles is 1. The van der Waals surface area contributed by atoms with Gasteiger partial charge in [0.1, 0.15) is 17.4 Å². The van der Waals surface area contributed by atoms with Crippen LogP contribution in [0.15, 0.2) is 53.3 Å². The first-order valence-electron chi connectivity index (χ1n) is 8.43. The summed E-state index contributed by atoms with van der Waals surface area (Å²) in [7, 11) is 1.58. The molecule has 1 aromatic heterocycles. The SMILES string of the molecule is COc1ccc(-n2nc(N3CNc4ccccc43)c(C)c(C#N)c2=O)cc1. The molecule has 0 bridgehead atoms. The summed E-state index contributed by atoms with van der Waals surface area (Å²) in [6, 6.07) is 16.9. The average molecular weight is 359 g/mol. The first-order chi connectivity index (χ1) is 13.1. The van der Waals surface area contributed by atoms with Crippen LogP contribution in [-0.4, -0.2) is 23.6 Å². The first-order valence-corrected chi connectivity index (χ1v) is 8.43. The van der Waals surface area contributed by atoms with Gasteiger partial charge in [-0.1, -0.05) is 12.1 Å². The fourth-order valence-corrected chi connectivity index (χ4v) is 3.18. The number of hydrogen-bond acceptors (Lipinski definition) is 6. The summed E-state index contributed by atoms with van der Waals surface area (Å²) < 4.78 is 6.43. The molecule has 4 rings (SSSR count). The number of nitrogens with zero attached hydrogens (tertiary/aromatic N) is 4. The summed E-state index contributed by atoms with van der Waals surface area (Å²) in [6.07, 6.45) is 0. The van der Waals surface area contributed by atoms with Gasteiger partial charge in [0, 0.05) is 5.56 Å². The Balaban J connectivity index is 1.91. The number of ether oxygens (including phenoxy) is 1.